The molecule has 1 aromatic heterocycles. The minimum atomic E-state index is -0.381. The number of benzene rings is 1. The van der Waals surface area contributed by atoms with Crippen LogP contribution in [-0.4, -0.2) is 3.97 Å². The van der Waals surface area contributed by atoms with Gasteiger partial charge in [0.15, 0.2) is 12.3 Å². The topological polar surface area (TPSA) is 4.93 Å². The van der Waals surface area contributed by atoms with E-state index in [-0.39, 0.29) is 18.2 Å². The molecule has 1 aromatic carbocycles. The first kappa shape index (κ1) is 9.02. The number of hydrogen-bond acceptors (Lipinski definition) is 1. The second-order valence-electron chi connectivity index (χ2n) is 2.53. The van der Waals surface area contributed by atoms with E-state index in [4.69, 9.17) is 0 Å². The summed E-state index contributed by atoms with van der Waals surface area (Å²) < 4.78 is 27.1. The van der Waals surface area contributed by atoms with Crippen LogP contribution in [0.5, 0.6) is 0 Å². The van der Waals surface area contributed by atoms with Crippen LogP contribution in [0.1, 0.15) is 0 Å². The number of halogens is 3. The number of rotatable bonds is 1. The molecule has 13 heavy (non-hydrogen) atoms. The van der Waals surface area contributed by atoms with Gasteiger partial charge in [-0.05, 0) is 34.1 Å². The van der Waals surface area contributed by atoms with Crippen molar-refractivity contribution < 1.29 is 8.28 Å². The van der Waals surface area contributed by atoms with Crippen molar-refractivity contribution in [2.24, 2.45) is 0 Å². The van der Waals surface area contributed by atoms with Crippen LogP contribution in [0, 0.1) is 5.82 Å². The van der Waals surface area contributed by atoms with Crippen LogP contribution in [0.4, 0.5) is 8.28 Å². The van der Waals surface area contributed by atoms with E-state index < -0.39 is 0 Å². The number of aromatic nitrogens is 1. The van der Waals surface area contributed by atoms with E-state index in [1.807, 2.05) is 0 Å². The molecule has 68 valence electrons. The Morgan fingerprint density at radius 3 is 2.85 bits per heavy atom. The molecule has 0 bridgehead atoms. The third-order valence-corrected chi connectivity index (χ3v) is 2.88. The van der Waals surface area contributed by atoms with Gasteiger partial charge in [0, 0.05) is 16.1 Å². The molecule has 0 aliphatic carbocycles. The molecular formula is C8H4BrF2NS. The molecule has 0 radical (unpaired) electrons. The predicted molar refractivity (Wildman–Crippen MR) is 53.7 cm³/mol. The highest BCUT2D eigenvalue weighted by atomic mass is 79.9. The second-order valence-corrected chi connectivity index (χ2v) is 3.92. The molecule has 0 spiro atoms. The third kappa shape index (κ3) is 1.46. The molecule has 0 amide bonds. The Kier molecular flexibility index (Phi) is 2.29. The van der Waals surface area contributed by atoms with Crippen LogP contribution in [0.3, 0.4) is 0 Å². The van der Waals surface area contributed by atoms with Crippen molar-refractivity contribution in [2.75, 3.05) is 0 Å². The maximum Gasteiger partial charge on any atom is 0.169 e. The maximum absolute atomic E-state index is 12.9. The summed E-state index contributed by atoms with van der Waals surface area (Å²) in [7, 11) is 0. The normalized spacial score (nSPS) is 11.0. The Balaban J connectivity index is 2.82. The molecule has 0 atom stereocenters. The van der Waals surface area contributed by atoms with Gasteiger partial charge in [-0.25, -0.2) is 4.39 Å². The van der Waals surface area contributed by atoms with Gasteiger partial charge in [-0.2, -0.15) is 0 Å². The predicted octanol–water partition coefficient (Wildman–Crippen LogP) is 3.92. The molecule has 0 aliphatic rings. The van der Waals surface area contributed by atoms with E-state index in [1.165, 1.54) is 16.1 Å². The fourth-order valence-corrected chi connectivity index (χ4v) is 2.09. The van der Waals surface area contributed by atoms with Gasteiger partial charge in [-0.1, -0.05) is 0 Å². The smallest absolute Gasteiger partial charge is 0.169 e. The maximum atomic E-state index is 12.9. The van der Waals surface area contributed by atoms with Gasteiger partial charge in [0.2, 0.25) is 0 Å². The van der Waals surface area contributed by atoms with Crippen molar-refractivity contribution in [3.8, 4) is 0 Å². The quantitative estimate of drug-likeness (QED) is 0.755. The lowest BCUT2D eigenvalue weighted by atomic mass is 10.2. The first-order chi connectivity index (χ1) is 6.22. The number of hydrogen-bond donors (Lipinski definition) is 0. The molecule has 0 unspecified atom stereocenters. The summed E-state index contributed by atoms with van der Waals surface area (Å²) in [5.74, 6) is -0.381. The van der Waals surface area contributed by atoms with Gasteiger partial charge in [0.1, 0.15) is 5.82 Å². The fourth-order valence-electron chi connectivity index (χ4n) is 1.20. The van der Waals surface area contributed by atoms with Crippen molar-refractivity contribution >= 4 is 39.2 Å². The number of fused-ring (bicyclic) bond motifs is 1. The molecule has 0 fully saturated rings. The summed E-state index contributed by atoms with van der Waals surface area (Å²) in [6, 6.07) is 4.38. The third-order valence-electron chi connectivity index (χ3n) is 1.76. The first-order valence-corrected chi connectivity index (χ1v) is 4.94. The SMILES string of the molecule is FSn1ccc2c(Br)cc(F)cc21. The van der Waals surface area contributed by atoms with Crippen LogP contribution >= 0.6 is 28.3 Å². The Hall–Kier alpha value is -0.550. The standard InChI is InChI=1S/C8H4BrF2NS/c9-7-3-5(10)4-8-6(7)1-2-12(8)13-11/h1-4H. The van der Waals surface area contributed by atoms with Gasteiger partial charge < -0.3 is 0 Å². The highest BCUT2D eigenvalue weighted by molar-refractivity contribution is 9.10. The van der Waals surface area contributed by atoms with Crippen molar-refractivity contribution in [3.63, 3.8) is 0 Å². The molecule has 0 N–H and O–H groups in total. The summed E-state index contributed by atoms with van der Waals surface area (Å²) in [5.41, 5.74) is 0.527. The van der Waals surface area contributed by atoms with E-state index in [0.29, 0.717) is 9.99 Å². The first-order valence-electron chi connectivity index (χ1n) is 3.47. The van der Waals surface area contributed by atoms with Crippen molar-refractivity contribution in [1.29, 1.82) is 0 Å². The fraction of sp³-hybridized carbons (Fsp3) is 0. The lowest BCUT2D eigenvalue weighted by Crippen LogP contribution is -1.82. The molecule has 0 saturated heterocycles. The van der Waals surface area contributed by atoms with Crippen LogP contribution in [0.2, 0.25) is 0 Å². The Morgan fingerprint density at radius 1 is 1.38 bits per heavy atom. The minimum Gasteiger partial charge on any atom is -0.264 e. The summed E-state index contributed by atoms with van der Waals surface area (Å²) >= 11 is 3.26. The zero-order chi connectivity index (χ0) is 9.42. The van der Waals surface area contributed by atoms with E-state index in [1.54, 1.807) is 12.3 Å². The number of nitrogens with zero attached hydrogens (tertiary/aromatic N) is 1. The highest BCUT2D eigenvalue weighted by Gasteiger charge is 2.06. The lowest BCUT2D eigenvalue weighted by Gasteiger charge is -1.98. The largest absolute Gasteiger partial charge is 0.264 e. The van der Waals surface area contributed by atoms with Gasteiger partial charge in [-0.3, -0.25) is 3.97 Å². The van der Waals surface area contributed by atoms with Gasteiger partial charge in [-0.15, -0.1) is 3.89 Å². The van der Waals surface area contributed by atoms with Crippen molar-refractivity contribution in [3.05, 3.63) is 34.7 Å². The van der Waals surface area contributed by atoms with E-state index in [2.05, 4.69) is 15.9 Å². The monoisotopic (exact) mass is 263 g/mol. The Bertz CT molecular complexity index is 455. The van der Waals surface area contributed by atoms with E-state index in [9.17, 15) is 8.28 Å². The van der Waals surface area contributed by atoms with Crippen LogP contribution in [0.15, 0.2) is 28.9 Å². The molecular weight excluding hydrogens is 260 g/mol. The zero-order valence-corrected chi connectivity index (χ0v) is 8.70. The molecule has 2 aromatic rings. The molecule has 1 heterocycles. The van der Waals surface area contributed by atoms with Gasteiger partial charge >= 0.3 is 0 Å². The minimum absolute atomic E-state index is 0.0515. The molecule has 0 saturated carbocycles. The Labute approximate surface area is 86.3 Å². The van der Waals surface area contributed by atoms with E-state index >= 15 is 0 Å². The second kappa shape index (κ2) is 3.31. The average molecular weight is 264 g/mol. The lowest BCUT2D eigenvalue weighted by molar-refractivity contribution is 0.628. The van der Waals surface area contributed by atoms with Crippen molar-refractivity contribution in [2.45, 2.75) is 0 Å². The molecule has 5 heteroatoms. The highest BCUT2D eigenvalue weighted by Crippen LogP contribution is 2.28. The van der Waals surface area contributed by atoms with Crippen LogP contribution in [0.25, 0.3) is 10.9 Å². The average Bonchev–Trinajstić information content (AvgIpc) is 2.47. The van der Waals surface area contributed by atoms with Gasteiger partial charge in [0.25, 0.3) is 0 Å². The molecule has 2 rings (SSSR count). The van der Waals surface area contributed by atoms with Gasteiger partial charge in [0.05, 0.1) is 5.52 Å². The van der Waals surface area contributed by atoms with Crippen molar-refractivity contribution in [1.82, 2.24) is 3.97 Å². The summed E-state index contributed by atoms with van der Waals surface area (Å²) in [6.07, 6.45) is 1.56. The van der Waals surface area contributed by atoms with Crippen LogP contribution < -0.4 is 0 Å². The zero-order valence-electron chi connectivity index (χ0n) is 6.30. The summed E-state index contributed by atoms with van der Waals surface area (Å²) in [4.78, 5) is 0. The summed E-state index contributed by atoms with van der Waals surface area (Å²) in [6.45, 7) is 0. The molecule has 1 nitrogen and oxygen atoms in total. The summed E-state index contributed by atoms with van der Waals surface area (Å²) in [5, 5.41) is 0.798. The van der Waals surface area contributed by atoms with Crippen LogP contribution in [-0.2, 0) is 0 Å². The Morgan fingerprint density at radius 2 is 2.15 bits per heavy atom. The van der Waals surface area contributed by atoms with E-state index in [0.717, 1.165) is 5.39 Å². The molecule has 0 aliphatic heterocycles.